The van der Waals surface area contributed by atoms with Crippen molar-refractivity contribution in [2.24, 2.45) is 17.6 Å². The van der Waals surface area contributed by atoms with Gasteiger partial charge in [0.25, 0.3) is 0 Å². The largest absolute Gasteiger partial charge is 0.330 e. The highest BCUT2D eigenvalue weighted by Gasteiger charge is 2.14. The summed E-state index contributed by atoms with van der Waals surface area (Å²) in [6, 6.07) is 3.89. The van der Waals surface area contributed by atoms with Crippen LogP contribution in [0.3, 0.4) is 0 Å². The van der Waals surface area contributed by atoms with Crippen molar-refractivity contribution in [2.45, 2.75) is 47.0 Å². The van der Waals surface area contributed by atoms with Crippen molar-refractivity contribution in [1.82, 2.24) is 4.98 Å². The third-order valence-corrected chi connectivity index (χ3v) is 3.59. The summed E-state index contributed by atoms with van der Waals surface area (Å²) in [5.41, 5.74) is 7.65. The predicted molar refractivity (Wildman–Crippen MR) is 83.6 cm³/mol. The zero-order valence-corrected chi connectivity index (χ0v) is 13.1. The first-order chi connectivity index (χ1) is 9.42. The normalized spacial score (nSPS) is 12.5. The molecule has 1 rings (SSSR count). The number of hydrogen-bond donors (Lipinski definition) is 2. The van der Waals surface area contributed by atoms with Gasteiger partial charge in [0.05, 0.1) is 0 Å². The molecule has 0 aromatic carbocycles. The lowest BCUT2D eigenvalue weighted by Crippen LogP contribution is -2.19. The number of rotatable bonds is 7. The van der Waals surface area contributed by atoms with Gasteiger partial charge in [-0.15, -0.1) is 0 Å². The van der Waals surface area contributed by atoms with Crippen LogP contribution < -0.4 is 11.1 Å². The number of nitrogens with two attached hydrogens (primary N) is 1. The van der Waals surface area contributed by atoms with Crippen LogP contribution in [0.1, 0.15) is 44.4 Å². The highest BCUT2D eigenvalue weighted by Crippen LogP contribution is 2.20. The molecule has 1 heterocycles. The summed E-state index contributed by atoms with van der Waals surface area (Å²) in [4.78, 5) is 16.3. The van der Waals surface area contributed by atoms with Crippen molar-refractivity contribution in [3.8, 4) is 0 Å². The Morgan fingerprint density at radius 2 is 2.00 bits per heavy atom. The van der Waals surface area contributed by atoms with Gasteiger partial charge in [-0.2, -0.15) is 0 Å². The van der Waals surface area contributed by atoms with Gasteiger partial charge in [-0.1, -0.05) is 13.8 Å². The number of carbonyl (C=O) groups excluding carboxylic acids is 1. The maximum absolute atomic E-state index is 12.0. The zero-order valence-electron chi connectivity index (χ0n) is 13.1. The summed E-state index contributed by atoms with van der Waals surface area (Å²) in [5.74, 6) is 1.75. The van der Waals surface area contributed by atoms with Crippen molar-refractivity contribution in [3.05, 3.63) is 23.4 Å². The van der Waals surface area contributed by atoms with E-state index in [1.807, 2.05) is 26.0 Å². The topological polar surface area (TPSA) is 68.0 Å². The first-order valence-corrected chi connectivity index (χ1v) is 7.37. The quantitative estimate of drug-likeness (QED) is 0.805. The van der Waals surface area contributed by atoms with Gasteiger partial charge in [0.15, 0.2) is 0 Å². The van der Waals surface area contributed by atoms with Crippen molar-refractivity contribution >= 4 is 11.7 Å². The molecule has 0 saturated carbocycles. The van der Waals surface area contributed by atoms with Crippen LogP contribution in [0.15, 0.2) is 12.1 Å². The number of nitrogens with zero attached hydrogens (tertiary/aromatic N) is 1. The van der Waals surface area contributed by atoms with Crippen molar-refractivity contribution in [1.29, 1.82) is 0 Å². The molecule has 20 heavy (non-hydrogen) atoms. The van der Waals surface area contributed by atoms with E-state index in [9.17, 15) is 4.79 Å². The van der Waals surface area contributed by atoms with Crippen LogP contribution in [0.25, 0.3) is 0 Å². The summed E-state index contributed by atoms with van der Waals surface area (Å²) in [6.45, 7) is 8.98. The second-order valence-corrected chi connectivity index (χ2v) is 5.84. The lowest BCUT2D eigenvalue weighted by atomic mass is 9.88. The van der Waals surface area contributed by atoms with Crippen molar-refractivity contribution < 1.29 is 4.79 Å². The first kappa shape index (κ1) is 16.6. The Morgan fingerprint density at radius 3 is 2.55 bits per heavy atom. The van der Waals surface area contributed by atoms with Crippen molar-refractivity contribution in [3.63, 3.8) is 0 Å². The van der Waals surface area contributed by atoms with E-state index >= 15 is 0 Å². The van der Waals surface area contributed by atoms with Crippen LogP contribution in [-0.2, 0) is 4.79 Å². The highest BCUT2D eigenvalue weighted by atomic mass is 16.1. The van der Waals surface area contributed by atoms with Crippen LogP contribution in [0.5, 0.6) is 0 Å². The number of pyridine rings is 1. The molecule has 0 aliphatic heterocycles. The Morgan fingerprint density at radius 1 is 1.30 bits per heavy atom. The van der Waals surface area contributed by atoms with Gasteiger partial charge in [-0.3, -0.25) is 4.79 Å². The molecule has 4 heteroatoms. The Labute approximate surface area is 122 Å². The molecule has 0 radical (unpaired) electrons. The van der Waals surface area contributed by atoms with Crippen LogP contribution in [-0.4, -0.2) is 17.4 Å². The lowest BCUT2D eigenvalue weighted by Gasteiger charge is -2.19. The Hall–Kier alpha value is -1.42. The van der Waals surface area contributed by atoms with Gasteiger partial charge < -0.3 is 11.1 Å². The average molecular weight is 277 g/mol. The minimum absolute atomic E-state index is 0.0326. The van der Waals surface area contributed by atoms with Gasteiger partial charge in [0, 0.05) is 12.1 Å². The predicted octanol–water partition coefficient (Wildman–Crippen LogP) is 3.04. The minimum Gasteiger partial charge on any atom is -0.330 e. The SMILES string of the molecule is Cc1cc(C)nc(NC(=O)CCC(CCN)C(C)C)c1. The highest BCUT2D eigenvalue weighted by molar-refractivity contribution is 5.89. The maximum atomic E-state index is 12.0. The molecule has 0 fully saturated rings. The van der Waals surface area contributed by atoms with Gasteiger partial charge in [0.1, 0.15) is 5.82 Å². The van der Waals surface area contributed by atoms with E-state index in [1.54, 1.807) is 0 Å². The monoisotopic (exact) mass is 277 g/mol. The number of anilines is 1. The van der Waals surface area contributed by atoms with Crippen LogP contribution in [0, 0.1) is 25.7 Å². The summed E-state index contributed by atoms with van der Waals surface area (Å²) in [7, 11) is 0. The van der Waals surface area contributed by atoms with E-state index in [4.69, 9.17) is 5.73 Å². The molecule has 0 aliphatic carbocycles. The Kier molecular flexibility index (Phi) is 6.65. The number of carbonyl (C=O) groups is 1. The molecule has 1 unspecified atom stereocenters. The molecule has 0 aliphatic rings. The third kappa shape index (κ3) is 5.70. The molecule has 4 nitrogen and oxygen atoms in total. The van der Waals surface area contributed by atoms with Crippen molar-refractivity contribution in [2.75, 3.05) is 11.9 Å². The average Bonchev–Trinajstić information content (AvgIpc) is 2.32. The summed E-state index contributed by atoms with van der Waals surface area (Å²) in [6.07, 6.45) is 2.38. The summed E-state index contributed by atoms with van der Waals surface area (Å²) in [5, 5.41) is 2.88. The number of hydrogen-bond acceptors (Lipinski definition) is 3. The third-order valence-electron chi connectivity index (χ3n) is 3.59. The molecular weight excluding hydrogens is 250 g/mol. The molecule has 0 saturated heterocycles. The minimum atomic E-state index is 0.0326. The van der Waals surface area contributed by atoms with E-state index in [-0.39, 0.29) is 5.91 Å². The molecule has 1 aromatic heterocycles. The number of nitrogens with one attached hydrogen (secondary N) is 1. The van der Waals surface area contributed by atoms with E-state index in [0.29, 0.717) is 30.6 Å². The molecule has 3 N–H and O–H groups in total. The van der Waals surface area contributed by atoms with Gasteiger partial charge >= 0.3 is 0 Å². The molecular formula is C16H27N3O. The fraction of sp³-hybridized carbons (Fsp3) is 0.625. The molecule has 112 valence electrons. The van der Waals surface area contributed by atoms with E-state index in [2.05, 4.69) is 24.1 Å². The maximum Gasteiger partial charge on any atom is 0.225 e. The smallest absolute Gasteiger partial charge is 0.225 e. The van der Waals surface area contributed by atoms with E-state index in [0.717, 1.165) is 24.1 Å². The van der Waals surface area contributed by atoms with Gasteiger partial charge in [-0.25, -0.2) is 4.98 Å². The molecule has 1 aromatic rings. The lowest BCUT2D eigenvalue weighted by molar-refractivity contribution is -0.116. The number of aryl methyl sites for hydroxylation is 2. The zero-order chi connectivity index (χ0) is 15.1. The van der Waals surface area contributed by atoms with E-state index in [1.165, 1.54) is 0 Å². The number of aromatic nitrogens is 1. The van der Waals surface area contributed by atoms with E-state index < -0.39 is 0 Å². The second kappa shape index (κ2) is 8.00. The Balaban J connectivity index is 2.50. The van der Waals surface area contributed by atoms with Crippen LogP contribution >= 0.6 is 0 Å². The fourth-order valence-electron chi connectivity index (χ4n) is 2.45. The molecule has 0 spiro atoms. The molecule has 0 bridgehead atoms. The van der Waals surface area contributed by atoms with Gasteiger partial charge in [0.2, 0.25) is 5.91 Å². The first-order valence-electron chi connectivity index (χ1n) is 7.37. The number of amides is 1. The summed E-state index contributed by atoms with van der Waals surface area (Å²) >= 11 is 0. The summed E-state index contributed by atoms with van der Waals surface area (Å²) < 4.78 is 0. The van der Waals surface area contributed by atoms with Crippen LogP contribution in [0.4, 0.5) is 5.82 Å². The Bertz CT molecular complexity index is 423. The molecule has 1 amide bonds. The standard InChI is InChI=1S/C16H27N3O/c1-11(2)14(7-8-17)5-6-16(20)19-15-10-12(3)9-13(4)18-15/h9-11,14H,5-8,17H2,1-4H3,(H,18,19,20). The van der Waals surface area contributed by atoms with Crippen LogP contribution in [0.2, 0.25) is 0 Å². The molecule has 1 atom stereocenters. The fourth-order valence-corrected chi connectivity index (χ4v) is 2.45. The van der Waals surface area contributed by atoms with Gasteiger partial charge in [-0.05, 0) is 62.8 Å². The second-order valence-electron chi connectivity index (χ2n) is 5.84.